The van der Waals surface area contributed by atoms with Gasteiger partial charge in [-0.25, -0.2) is 0 Å². The average molecular weight is 250 g/mol. The van der Waals surface area contributed by atoms with Gasteiger partial charge in [0.1, 0.15) is 5.75 Å². The van der Waals surface area contributed by atoms with Crippen LogP contribution in [0.2, 0.25) is 0 Å². The van der Waals surface area contributed by atoms with Gasteiger partial charge in [0.15, 0.2) is 0 Å². The fourth-order valence-corrected chi connectivity index (χ4v) is 1.75. The van der Waals surface area contributed by atoms with Crippen molar-refractivity contribution in [1.82, 2.24) is 9.80 Å². The summed E-state index contributed by atoms with van der Waals surface area (Å²) in [4.78, 5) is 15.8. The van der Waals surface area contributed by atoms with Crippen molar-refractivity contribution in [3.63, 3.8) is 0 Å². The summed E-state index contributed by atoms with van der Waals surface area (Å²) < 4.78 is 0. The van der Waals surface area contributed by atoms with Gasteiger partial charge < -0.3 is 14.9 Å². The molecule has 0 unspecified atom stereocenters. The Balaban J connectivity index is 2.63. The van der Waals surface area contributed by atoms with Gasteiger partial charge >= 0.3 is 0 Å². The number of hydrogen-bond donors (Lipinski definition) is 1. The Morgan fingerprint density at radius 3 is 2.44 bits per heavy atom. The second kappa shape index (κ2) is 6.40. The predicted molar refractivity (Wildman–Crippen MR) is 73.0 cm³/mol. The molecule has 0 fully saturated rings. The molecule has 0 atom stereocenters. The Morgan fingerprint density at radius 1 is 1.22 bits per heavy atom. The first-order valence-electron chi connectivity index (χ1n) is 6.11. The van der Waals surface area contributed by atoms with Crippen LogP contribution in [-0.4, -0.2) is 55.0 Å². The molecule has 0 aromatic heterocycles. The van der Waals surface area contributed by atoms with E-state index in [-0.39, 0.29) is 11.7 Å². The number of aryl methyl sites for hydroxylation is 1. The smallest absolute Gasteiger partial charge is 0.257 e. The molecule has 1 aromatic rings. The average Bonchev–Trinajstić information content (AvgIpc) is 2.27. The second-order valence-electron chi connectivity index (χ2n) is 4.90. The van der Waals surface area contributed by atoms with E-state index in [2.05, 4.69) is 4.90 Å². The lowest BCUT2D eigenvalue weighted by atomic mass is 10.1. The zero-order valence-electron chi connectivity index (χ0n) is 11.6. The van der Waals surface area contributed by atoms with Crippen molar-refractivity contribution >= 4 is 5.91 Å². The van der Waals surface area contributed by atoms with Gasteiger partial charge in [-0.2, -0.15) is 0 Å². The Hall–Kier alpha value is -1.55. The van der Waals surface area contributed by atoms with Gasteiger partial charge in [0.05, 0.1) is 5.56 Å². The Kier molecular flexibility index (Phi) is 5.16. The van der Waals surface area contributed by atoms with Gasteiger partial charge in [-0.1, -0.05) is 6.07 Å². The summed E-state index contributed by atoms with van der Waals surface area (Å²) in [6, 6.07) is 5.12. The van der Waals surface area contributed by atoms with Crippen LogP contribution in [0.5, 0.6) is 5.75 Å². The SMILES string of the molecule is Cc1ccc(C(=O)N(C)CCCN(C)C)c(O)c1. The highest BCUT2D eigenvalue weighted by Gasteiger charge is 2.15. The third-order valence-corrected chi connectivity index (χ3v) is 2.83. The maximum atomic E-state index is 12.1. The summed E-state index contributed by atoms with van der Waals surface area (Å²) in [7, 11) is 5.78. The summed E-state index contributed by atoms with van der Waals surface area (Å²) in [6.45, 7) is 3.51. The fourth-order valence-electron chi connectivity index (χ4n) is 1.75. The van der Waals surface area contributed by atoms with Gasteiger partial charge in [0.25, 0.3) is 5.91 Å². The van der Waals surface area contributed by atoms with Crippen molar-refractivity contribution < 1.29 is 9.90 Å². The van der Waals surface area contributed by atoms with E-state index in [1.54, 1.807) is 24.1 Å². The van der Waals surface area contributed by atoms with Crippen LogP contribution in [-0.2, 0) is 0 Å². The maximum Gasteiger partial charge on any atom is 0.257 e. The summed E-state index contributed by atoms with van der Waals surface area (Å²) in [6.07, 6.45) is 0.919. The predicted octanol–water partition coefficient (Wildman–Crippen LogP) is 1.72. The summed E-state index contributed by atoms with van der Waals surface area (Å²) in [5.74, 6) is -0.0780. The number of nitrogens with zero attached hydrogens (tertiary/aromatic N) is 2. The second-order valence-corrected chi connectivity index (χ2v) is 4.90. The minimum atomic E-state index is -0.133. The summed E-state index contributed by atoms with van der Waals surface area (Å²) in [5, 5.41) is 9.77. The van der Waals surface area contributed by atoms with E-state index in [4.69, 9.17) is 0 Å². The molecule has 1 amide bonds. The molecular weight excluding hydrogens is 228 g/mol. The van der Waals surface area contributed by atoms with Crippen LogP contribution in [0.3, 0.4) is 0 Å². The molecule has 1 N–H and O–H groups in total. The van der Waals surface area contributed by atoms with E-state index in [9.17, 15) is 9.90 Å². The van der Waals surface area contributed by atoms with Gasteiger partial charge in [-0.15, -0.1) is 0 Å². The van der Waals surface area contributed by atoms with Crippen LogP contribution in [0.15, 0.2) is 18.2 Å². The number of benzene rings is 1. The van der Waals surface area contributed by atoms with Crippen molar-refractivity contribution in [1.29, 1.82) is 0 Å². The summed E-state index contributed by atoms with van der Waals surface area (Å²) >= 11 is 0. The first-order chi connectivity index (χ1) is 8.41. The Labute approximate surface area is 109 Å². The molecule has 0 saturated heterocycles. The van der Waals surface area contributed by atoms with E-state index in [1.165, 1.54) is 0 Å². The molecule has 0 saturated carbocycles. The van der Waals surface area contributed by atoms with Gasteiger partial charge in [0, 0.05) is 13.6 Å². The molecule has 0 aliphatic rings. The first kappa shape index (κ1) is 14.5. The minimum absolute atomic E-state index is 0.0551. The molecule has 0 aliphatic carbocycles. The first-order valence-corrected chi connectivity index (χ1v) is 6.11. The molecule has 100 valence electrons. The number of carbonyl (C=O) groups is 1. The highest BCUT2D eigenvalue weighted by Crippen LogP contribution is 2.19. The molecule has 1 aromatic carbocycles. The van der Waals surface area contributed by atoms with E-state index < -0.39 is 0 Å². The Bertz CT molecular complexity index is 416. The standard InChI is InChI=1S/C14H22N2O2/c1-11-6-7-12(13(17)10-11)14(18)16(4)9-5-8-15(2)3/h6-7,10,17H,5,8-9H2,1-4H3. The van der Waals surface area contributed by atoms with Gasteiger partial charge in [0.2, 0.25) is 0 Å². The number of aromatic hydroxyl groups is 1. The van der Waals surface area contributed by atoms with Gasteiger partial charge in [-0.05, 0) is 51.7 Å². The molecule has 0 radical (unpaired) electrons. The van der Waals surface area contributed by atoms with Crippen molar-refractivity contribution in [2.75, 3.05) is 34.2 Å². The lowest BCUT2D eigenvalue weighted by Gasteiger charge is -2.19. The maximum absolute atomic E-state index is 12.1. The van der Waals surface area contributed by atoms with Crippen LogP contribution in [0.25, 0.3) is 0 Å². The van der Waals surface area contributed by atoms with Crippen molar-refractivity contribution in [3.05, 3.63) is 29.3 Å². The van der Waals surface area contributed by atoms with E-state index in [0.29, 0.717) is 12.1 Å². The molecule has 4 nitrogen and oxygen atoms in total. The number of hydrogen-bond acceptors (Lipinski definition) is 3. The zero-order valence-corrected chi connectivity index (χ0v) is 11.6. The summed E-state index contributed by atoms with van der Waals surface area (Å²) in [5.41, 5.74) is 1.31. The largest absolute Gasteiger partial charge is 0.507 e. The highest BCUT2D eigenvalue weighted by molar-refractivity contribution is 5.96. The topological polar surface area (TPSA) is 43.8 Å². The Morgan fingerprint density at radius 2 is 1.89 bits per heavy atom. The molecular formula is C14H22N2O2. The van der Waals surface area contributed by atoms with Crippen LogP contribution < -0.4 is 0 Å². The van der Waals surface area contributed by atoms with Crippen LogP contribution in [0, 0.1) is 6.92 Å². The third kappa shape index (κ3) is 4.04. The monoisotopic (exact) mass is 250 g/mol. The zero-order chi connectivity index (χ0) is 13.7. The number of carbonyl (C=O) groups excluding carboxylic acids is 1. The molecule has 18 heavy (non-hydrogen) atoms. The normalized spacial score (nSPS) is 10.7. The quantitative estimate of drug-likeness (QED) is 0.865. The molecule has 0 spiro atoms. The minimum Gasteiger partial charge on any atom is -0.507 e. The highest BCUT2D eigenvalue weighted by atomic mass is 16.3. The third-order valence-electron chi connectivity index (χ3n) is 2.83. The fraction of sp³-hybridized carbons (Fsp3) is 0.500. The number of rotatable bonds is 5. The number of phenols is 1. The van der Waals surface area contributed by atoms with E-state index in [0.717, 1.165) is 18.5 Å². The molecule has 0 aliphatic heterocycles. The van der Waals surface area contributed by atoms with Gasteiger partial charge in [-0.3, -0.25) is 4.79 Å². The van der Waals surface area contributed by atoms with Crippen molar-refractivity contribution in [3.8, 4) is 5.75 Å². The lowest BCUT2D eigenvalue weighted by Crippen LogP contribution is -2.29. The number of amides is 1. The van der Waals surface area contributed by atoms with Crippen LogP contribution in [0.4, 0.5) is 0 Å². The lowest BCUT2D eigenvalue weighted by molar-refractivity contribution is 0.0787. The number of phenolic OH excluding ortho intramolecular Hbond substituents is 1. The molecule has 0 bridgehead atoms. The molecule has 4 heteroatoms. The van der Waals surface area contributed by atoms with Crippen molar-refractivity contribution in [2.24, 2.45) is 0 Å². The van der Waals surface area contributed by atoms with Crippen LogP contribution >= 0.6 is 0 Å². The molecule has 0 heterocycles. The van der Waals surface area contributed by atoms with E-state index >= 15 is 0 Å². The van der Waals surface area contributed by atoms with E-state index in [1.807, 2.05) is 27.1 Å². The molecule has 1 rings (SSSR count). The van der Waals surface area contributed by atoms with Crippen LogP contribution in [0.1, 0.15) is 22.3 Å². The van der Waals surface area contributed by atoms with Crippen molar-refractivity contribution in [2.45, 2.75) is 13.3 Å².